The van der Waals surface area contributed by atoms with E-state index in [0.29, 0.717) is 0 Å². The summed E-state index contributed by atoms with van der Waals surface area (Å²) in [4.78, 5) is 24.1. The Morgan fingerprint density at radius 2 is 1.40 bits per heavy atom. The van der Waals surface area contributed by atoms with Crippen molar-refractivity contribution in [3.63, 3.8) is 0 Å². The molecule has 1 atom stereocenters. The summed E-state index contributed by atoms with van der Waals surface area (Å²) >= 11 is 0. The minimum absolute atomic E-state index is 0.197. The summed E-state index contributed by atoms with van der Waals surface area (Å²) in [5.74, 6) is -2.09. The van der Waals surface area contributed by atoms with Crippen molar-refractivity contribution in [2.24, 2.45) is 0 Å². The minimum Gasteiger partial charge on any atom is -0.480 e. The lowest BCUT2D eigenvalue weighted by Gasteiger charge is -2.18. The third-order valence-corrected chi connectivity index (χ3v) is 4.60. The van der Waals surface area contributed by atoms with E-state index in [-0.39, 0.29) is 11.1 Å². The summed E-state index contributed by atoms with van der Waals surface area (Å²) in [6.45, 7) is 0. The zero-order chi connectivity index (χ0) is 21.7. The number of aliphatic carboxylic acids is 1. The molecule has 30 heavy (non-hydrogen) atoms. The highest BCUT2D eigenvalue weighted by atomic mass is 19.4. The molecule has 0 bridgehead atoms. The second kappa shape index (κ2) is 8.82. The number of alkyl halides is 3. The molecule has 2 N–H and O–H groups in total. The second-order valence-electron chi connectivity index (χ2n) is 6.67. The summed E-state index contributed by atoms with van der Waals surface area (Å²) in [5, 5.41) is 11.7. The molecule has 0 aliphatic carbocycles. The number of amides is 1. The molecule has 0 aliphatic heterocycles. The van der Waals surface area contributed by atoms with Crippen molar-refractivity contribution in [2.75, 3.05) is 0 Å². The Bertz CT molecular complexity index is 1030. The molecule has 7 heteroatoms. The monoisotopic (exact) mass is 413 g/mol. The van der Waals surface area contributed by atoms with Gasteiger partial charge in [0.2, 0.25) is 0 Å². The maximum atomic E-state index is 13.2. The Morgan fingerprint density at radius 3 is 2.00 bits per heavy atom. The predicted molar refractivity (Wildman–Crippen MR) is 106 cm³/mol. The molecule has 1 amide bonds. The van der Waals surface area contributed by atoms with Gasteiger partial charge in [-0.3, -0.25) is 4.79 Å². The number of carbonyl (C=O) groups excluding carboxylic acids is 1. The summed E-state index contributed by atoms with van der Waals surface area (Å²) in [6, 6.07) is 19.2. The normalized spacial score (nSPS) is 12.2. The van der Waals surface area contributed by atoms with Gasteiger partial charge in [-0.1, -0.05) is 60.7 Å². The Labute approximate surface area is 171 Å². The van der Waals surface area contributed by atoms with Gasteiger partial charge in [0.15, 0.2) is 0 Å². The van der Waals surface area contributed by atoms with Crippen LogP contribution in [-0.4, -0.2) is 23.0 Å². The van der Waals surface area contributed by atoms with Crippen molar-refractivity contribution >= 4 is 11.9 Å². The third-order valence-electron chi connectivity index (χ3n) is 4.60. The molecule has 0 saturated carbocycles. The zero-order valence-corrected chi connectivity index (χ0v) is 15.7. The van der Waals surface area contributed by atoms with E-state index in [1.165, 1.54) is 18.2 Å². The molecule has 0 aliphatic rings. The number of carbonyl (C=O) groups is 2. The summed E-state index contributed by atoms with van der Waals surface area (Å²) in [5.41, 5.74) is 0.928. The first-order chi connectivity index (χ1) is 14.3. The van der Waals surface area contributed by atoms with Crippen LogP contribution in [0, 0.1) is 0 Å². The van der Waals surface area contributed by atoms with E-state index in [0.717, 1.165) is 17.2 Å². The van der Waals surface area contributed by atoms with E-state index in [1.54, 1.807) is 24.3 Å². The first kappa shape index (κ1) is 21.1. The number of carboxylic acid groups (broad SMARTS) is 1. The van der Waals surface area contributed by atoms with Gasteiger partial charge >= 0.3 is 12.1 Å². The van der Waals surface area contributed by atoms with Crippen LogP contribution in [0.15, 0.2) is 78.9 Å². The Hall–Kier alpha value is -3.61. The number of rotatable bonds is 6. The Balaban J connectivity index is 1.76. The number of hydrogen-bond acceptors (Lipinski definition) is 2. The van der Waals surface area contributed by atoms with Gasteiger partial charge < -0.3 is 10.4 Å². The van der Waals surface area contributed by atoms with Crippen LogP contribution in [0.1, 0.15) is 21.5 Å². The van der Waals surface area contributed by atoms with Crippen LogP contribution < -0.4 is 5.32 Å². The van der Waals surface area contributed by atoms with Gasteiger partial charge in [-0.05, 0) is 34.9 Å². The van der Waals surface area contributed by atoms with Crippen LogP contribution in [0.2, 0.25) is 0 Å². The Morgan fingerprint density at radius 1 is 0.833 bits per heavy atom. The largest absolute Gasteiger partial charge is 0.480 e. The summed E-state index contributed by atoms with van der Waals surface area (Å²) in [7, 11) is 0. The van der Waals surface area contributed by atoms with Crippen LogP contribution >= 0.6 is 0 Å². The maximum absolute atomic E-state index is 13.2. The number of benzene rings is 3. The molecule has 0 unspecified atom stereocenters. The highest BCUT2D eigenvalue weighted by Crippen LogP contribution is 2.32. The lowest BCUT2D eigenvalue weighted by atomic mass is 9.99. The second-order valence-corrected chi connectivity index (χ2v) is 6.67. The number of nitrogens with one attached hydrogen (secondary N) is 1. The van der Waals surface area contributed by atoms with Gasteiger partial charge in [-0.25, -0.2) is 4.79 Å². The van der Waals surface area contributed by atoms with E-state index in [1.807, 2.05) is 30.3 Å². The van der Waals surface area contributed by atoms with Crippen molar-refractivity contribution < 1.29 is 27.9 Å². The first-order valence-corrected chi connectivity index (χ1v) is 9.10. The third kappa shape index (κ3) is 5.05. The van der Waals surface area contributed by atoms with Crippen LogP contribution in [-0.2, 0) is 17.4 Å². The molecule has 0 radical (unpaired) electrons. The highest BCUT2D eigenvalue weighted by molar-refractivity contribution is 5.97. The molecule has 0 saturated heterocycles. The Kier molecular flexibility index (Phi) is 6.20. The van der Waals surface area contributed by atoms with E-state index < -0.39 is 36.1 Å². The number of hydrogen-bond donors (Lipinski definition) is 2. The molecule has 3 aromatic rings. The van der Waals surface area contributed by atoms with Crippen LogP contribution in [0.5, 0.6) is 0 Å². The highest BCUT2D eigenvalue weighted by Gasteiger charge is 2.34. The van der Waals surface area contributed by atoms with Crippen molar-refractivity contribution in [2.45, 2.75) is 18.6 Å². The lowest BCUT2D eigenvalue weighted by Crippen LogP contribution is -2.42. The van der Waals surface area contributed by atoms with Gasteiger partial charge in [-0.15, -0.1) is 0 Å². The summed E-state index contributed by atoms with van der Waals surface area (Å²) < 4.78 is 39.5. The topological polar surface area (TPSA) is 66.4 Å². The zero-order valence-electron chi connectivity index (χ0n) is 15.7. The fourth-order valence-electron chi connectivity index (χ4n) is 3.08. The minimum atomic E-state index is -4.61. The van der Waals surface area contributed by atoms with Crippen LogP contribution in [0.25, 0.3) is 11.1 Å². The molecule has 0 aromatic heterocycles. The van der Waals surface area contributed by atoms with Gasteiger partial charge in [0.05, 0.1) is 5.56 Å². The number of halogens is 3. The SMILES string of the molecule is O=C(N[C@@H](Cc1ccccc1C(F)(F)F)C(=O)O)c1ccc(-c2ccccc2)cc1. The smallest absolute Gasteiger partial charge is 0.416 e. The molecule has 3 rings (SSSR count). The van der Waals surface area contributed by atoms with Crippen molar-refractivity contribution in [1.29, 1.82) is 0 Å². The van der Waals surface area contributed by atoms with E-state index >= 15 is 0 Å². The van der Waals surface area contributed by atoms with E-state index in [9.17, 15) is 27.9 Å². The average Bonchev–Trinajstić information content (AvgIpc) is 2.73. The molecular formula is C23H18F3NO3. The van der Waals surface area contributed by atoms with Crippen molar-refractivity contribution in [3.05, 3.63) is 95.6 Å². The van der Waals surface area contributed by atoms with E-state index in [2.05, 4.69) is 5.32 Å². The van der Waals surface area contributed by atoms with Gasteiger partial charge in [0, 0.05) is 12.0 Å². The molecule has 0 fully saturated rings. The van der Waals surface area contributed by atoms with Crippen LogP contribution in [0.4, 0.5) is 13.2 Å². The molecule has 3 aromatic carbocycles. The standard InChI is InChI=1S/C23H18F3NO3/c24-23(25,26)19-9-5-4-8-18(19)14-20(22(29)30)27-21(28)17-12-10-16(11-13-17)15-6-2-1-3-7-15/h1-13,20H,14H2,(H,27,28)(H,29,30)/t20-/m0/s1. The maximum Gasteiger partial charge on any atom is 0.416 e. The molecule has 4 nitrogen and oxygen atoms in total. The van der Waals surface area contributed by atoms with Gasteiger partial charge in [-0.2, -0.15) is 13.2 Å². The molecule has 0 heterocycles. The fourth-order valence-corrected chi connectivity index (χ4v) is 3.08. The van der Waals surface area contributed by atoms with Crippen LogP contribution in [0.3, 0.4) is 0 Å². The molecule has 154 valence electrons. The van der Waals surface area contributed by atoms with Gasteiger partial charge in [0.25, 0.3) is 5.91 Å². The fraction of sp³-hybridized carbons (Fsp3) is 0.130. The quantitative estimate of drug-likeness (QED) is 0.610. The first-order valence-electron chi connectivity index (χ1n) is 9.10. The van der Waals surface area contributed by atoms with Crippen molar-refractivity contribution in [1.82, 2.24) is 5.32 Å². The predicted octanol–water partition coefficient (Wildman–Crippen LogP) is 4.80. The summed E-state index contributed by atoms with van der Waals surface area (Å²) in [6.07, 6.45) is -5.10. The van der Waals surface area contributed by atoms with E-state index in [4.69, 9.17) is 0 Å². The lowest BCUT2D eigenvalue weighted by molar-refractivity contribution is -0.141. The molecular weight excluding hydrogens is 395 g/mol. The molecule has 0 spiro atoms. The number of carboxylic acids is 1. The van der Waals surface area contributed by atoms with Gasteiger partial charge in [0.1, 0.15) is 6.04 Å². The average molecular weight is 413 g/mol. The van der Waals surface area contributed by atoms with Crippen molar-refractivity contribution in [3.8, 4) is 11.1 Å².